The van der Waals surface area contributed by atoms with Crippen LogP contribution in [0.25, 0.3) is 0 Å². The van der Waals surface area contributed by atoms with Gasteiger partial charge in [0, 0.05) is 6.42 Å². The Kier molecular flexibility index (Phi) is 5.41. The summed E-state index contributed by atoms with van der Waals surface area (Å²) in [6.45, 7) is 0.125. The van der Waals surface area contributed by atoms with Gasteiger partial charge in [-0.05, 0) is 30.3 Å². The maximum absolute atomic E-state index is 12.7. The zero-order valence-electron chi connectivity index (χ0n) is 14.7. The molecular formula is C18H17NO8S. The summed E-state index contributed by atoms with van der Waals surface area (Å²) in [5, 5.41) is 9.93. The highest BCUT2D eigenvalue weighted by Crippen LogP contribution is 2.28. The van der Waals surface area contributed by atoms with Crippen LogP contribution in [0.15, 0.2) is 47.4 Å². The van der Waals surface area contributed by atoms with Crippen molar-refractivity contribution in [2.45, 2.75) is 17.4 Å². The third-order valence-corrected chi connectivity index (χ3v) is 5.35. The fraction of sp³-hybridized carbons (Fsp3) is 0.222. The Balaban J connectivity index is 1.87. The van der Waals surface area contributed by atoms with Gasteiger partial charge in [-0.25, -0.2) is 18.0 Å². The van der Waals surface area contributed by atoms with Crippen LogP contribution < -0.4 is 9.46 Å². The lowest BCUT2D eigenvalue weighted by Crippen LogP contribution is -2.23. The second-order valence-electron chi connectivity index (χ2n) is 5.83. The fourth-order valence-electron chi connectivity index (χ4n) is 2.56. The molecule has 1 heterocycles. The van der Waals surface area contributed by atoms with E-state index in [-0.39, 0.29) is 29.2 Å². The Morgan fingerprint density at radius 2 is 2.00 bits per heavy atom. The van der Waals surface area contributed by atoms with Gasteiger partial charge in [-0.2, -0.15) is 0 Å². The van der Waals surface area contributed by atoms with E-state index in [1.165, 1.54) is 13.2 Å². The molecule has 0 saturated carbocycles. The number of carbonyl (C=O) groups is 2. The predicted octanol–water partition coefficient (Wildman–Crippen LogP) is 1.67. The van der Waals surface area contributed by atoms with E-state index in [1.807, 2.05) is 0 Å². The average molecular weight is 407 g/mol. The highest BCUT2D eigenvalue weighted by molar-refractivity contribution is 7.92. The Labute approximate surface area is 160 Å². The molecule has 1 aliphatic rings. The van der Waals surface area contributed by atoms with Crippen molar-refractivity contribution in [1.82, 2.24) is 0 Å². The van der Waals surface area contributed by atoms with Gasteiger partial charge in [0.25, 0.3) is 10.0 Å². The summed E-state index contributed by atoms with van der Waals surface area (Å²) < 4.78 is 42.5. The highest BCUT2D eigenvalue weighted by atomic mass is 32.2. The average Bonchev–Trinajstić information content (AvgIpc) is 3.06. The van der Waals surface area contributed by atoms with Gasteiger partial charge in [0.2, 0.25) is 6.10 Å². The van der Waals surface area contributed by atoms with Crippen molar-refractivity contribution in [2.75, 3.05) is 18.4 Å². The molecule has 1 saturated heterocycles. The Morgan fingerprint density at radius 3 is 2.68 bits per heavy atom. The first-order chi connectivity index (χ1) is 13.3. The number of phenolic OH excluding ortho intramolecular Hbond substituents is 1. The molecule has 0 aromatic heterocycles. The number of hydrogen-bond acceptors (Lipinski definition) is 8. The van der Waals surface area contributed by atoms with Crippen LogP contribution in [0, 0.1) is 0 Å². The molecule has 0 spiro atoms. The maximum Gasteiger partial charge on any atom is 0.347 e. The molecule has 0 radical (unpaired) electrons. The van der Waals surface area contributed by atoms with Crippen LogP contribution in [0.4, 0.5) is 5.69 Å². The lowest BCUT2D eigenvalue weighted by Gasteiger charge is -2.13. The van der Waals surface area contributed by atoms with Crippen molar-refractivity contribution in [2.24, 2.45) is 0 Å². The molecule has 1 fully saturated rings. The number of esters is 2. The van der Waals surface area contributed by atoms with Crippen LogP contribution in [0.1, 0.15) is 16.8 Å². The first-order valence-corrected chi connectivity index (χ1v) is 9.66. The SMILES string of the molecule is COc1ccccc1NS(=O)(=O)c1ccc(O)c(C(=O)OC2CCOC2=O)c1. The standard InChI is InChI=1S/C18H17NO8S/c1-25-15-5-3-2-4-13(15)19-28(23,24)11-6-7-14(20)12(10-11)17(21)27-16-8-9-26-18(16)22/h2-7,10,16,19-20H,8-9H2,1H3. The van der Waals surface area contributed by atoms with Crippen molar-refractivity contribution in [3.8, 4) is 11.5 Å². The minimum absolute atomic E-state index is 0.125. The number of nitrogens with one attached hydrogen (secondary N) is 1. The lowest BCUT2D eigenvalue weighted by atomic mass is 10.2. The molecule has 0 amide bonds. The third kappa shape index (κ3) is 4.01. The van der Waals surface area contributed by atoms with E-state index in [0.717, 1.165) is 18.2 Å². The van der Waals surface area contributed by atoms with Crippen LogP contribution >= 0.6 is 0 Å². The second kappa shape index (κ2) is 7.77. The lowest BCUT2D eigenvalue weighted by molar-refractivity contribution is -0.145. The van der Waals surface area contributed by atoms with Gasteiger partial charge in [0.05, 0.1) is 24.3 Å². The van der Waals surface area contributed by atoms with E-state index in [4.69, 9.17) is 14.2 Å². The van der Waals surface area contributed by atoms with Crippen LogP contribution in [-0.4, -0.2) is 45.3 Å². The number of aromatic hydroxyl groups is 1. The zero-order chi connectivity index (χ0) is 20.3. The Hall–Kier alpha value is -3.27. The molecule has 9 nitrogen and oxygen atoms in total. The second-order valence-corrected chi connectivity index (χ2v) is 7.52. The fourth-order valence-corrected chi connectivity index (χ4v) is 3.65. The molecule has 1 unspecified atom stereocenters. The van der Waals surface area contributed by atoms with Crippen molar-refractivity contribution >= 4 is 27.6 Å². The van der Waals surface area contributed by atoms with Crippen LogP contribution in [0.3, 0.4) is 0 Å². The molecule has 2 aromatic rings. The minimum atomic E-state index is -4.10. The summed E-state index contributed by atoms with van der Waals surface area (Å²) in [7, 11) is -2.70. The number of methoxy groups -OCH3 is 1. The molecule has 2 N–H and O–H groups in total. The van der Waals surface area contributed by atoms with Gasteiger partial charge in [-0.3, -0.25) is 4.72 Å². The zero-order valence-corrected chi connectivity index (χ0v) is 15.6. The number of carbonyl (C=O) groups excluding carboxylic acids is 2. The molecule has 148 valence electrons. The molecule has 0 aliphatic carbocycles. The van der Waals surface area contributed by atoms with E-state index >= 15 is 0 Å². The van der Waals surface area contributed by atoms with Gasteiger partial charge in [0.1, 0.15) is 17.1 Å². The summed E-state index contributed by atoms with van der Waals surface area (Å²) in [6, 6.07) is 9.56. The normalized spacial score (nSPS) is 16.3. The van der Waals surface area contributed by atoms with Crippen molar-refractivity contribution in [3.63, 3.8) is 0 Å². The highest BCUT2D eigenvalue weighted by Gasteiger charge is 2.31. The van der Waals surface area contributed by atoms with Gasteiger partial charge in [0.15, 0.2) is 0 Å². The number of hydrogen-bond donors (Lipinski definition) is 2. The minimum Gasteiger partial charge on any atom is -0.507 e. The van der Waals surface area contributed by atoms with Crippen molar-refractivity contribution in [1.29, 1.82) is 0 Å². The molecule has 1 aliphatic heterocycles. The van der Waals surface area contributed by atoms with Crippen LogP contribution in [-0.2, 0) is 24.3 Å². The number of rotatable bonds is 6. The monoisotopic (exact) mass is 407 g/mol. The largest absolute Gasteiger partial charge is 0.507 e. The van der Waals surface area contributed by atoms with Crippen molar-refractivity contribution < 1.29 is 37.3 Å². The summed E-state index contributed by atoms with van der Waals surface area (Å²) in [6.07, 6.45) is -0.891. The number of ether oxygens (including phenoxy) is 3. The van der Waals surface area contributed by atoms with Crippen LogP contribution in [0.5, 0.6) is 11.5 Å². The topological polar surface area (TPSA) is 128 Å². The molecule has 0 bridgehead atoms. The summed E-state index contributed by atoms with van der Waals surface area (Å²) in [4.78, 5) is 23.4. The van der Waals surface area contributed by atoms with E-state index in [2.05, 4.69) is 4.72 Å². The van der Waals surface area contributed by atoms with Gasteiger partial charge in [-0.15, -0.1) is 0 Å². The molecule has 2 aromatic carbocycles. The maximum atomic E-state index is 12.7. The van der Waals surface area contributed by atoms with E-state index in [1.54, 1.807) is 18.2 Å². The van der Waals surface area contributed by atoms with E-state index < -0.39 is 33.8 Å². The molecular weight excluding hydrogens is 390 g/mol. The van der Waals surface area contributed by atoms with E-state index in [9.17, 15) is 23.1 Å². The van der Waals surface area contributed by atoms with Gasteiger partial charge >= 0.3 is 11.9 Å². The van der Waals surface area contributed by atoms with Crippen molar-refractivity contribution in [3.05, 3.63) is 48.0 Å². The first-order valence-electron chi connectivity index (χ1n) is 8.18. The molecule has 3 rings (SSSR count). The van der Waals surface area contributed by atoms with E-state index in [0.29, 0.717) is 5.75 Å². The number of benzene rings is 2. The van der Waals surface area contributed by atoms with Gasteiger partial charge in [-0.1, -0.05) is 12.1 Å². The predicted molar refractivity (Wildman–Crippen MR) is 96.7 cm³/mol. The molecule has 1 atom stereocenters. The smallest absolute Gasteiger partial charge is 0.347 e. The molecule has 10 heteroatoms. The number of sulfonamides is 1. The third-order valence-electron chi connectivity index (χ3n) is 3.99. The first kappa shape index (κ1) is 19.5. The number of phenols is 1. The quantitative estimate of drug-likeness (QED) is 0.692. The molecule has 28 heavy (non-hydrogen) atoms. The Morgan fingerprint density at radius 1 is 1.25 bits per heavy atom. The number of anilines is 1. The number of cyclic esters (lactones) is 1. The van der Waals surface area contributed by atoms with Crippen LogP contribution in [0.2, 0.25) is 0 Å². The number of para-hydroxylation sites is 2. The summed E-state index contributed by atoms with van der Waals surface area (Å²) in [5.74, 6) is -1.89. The summed E-state index contributed by atoms with van der Waals surface area (Å²) in [5.41, 5.74) is -0.182. The Bertz CT molecular complexity index is 1020. The summed E-state index contributed by atoms with van der Waals surface area (Å²) >= 11 is 0. The van der Waals surface area contributed by atoms with Gasteiger partial charge < -0.3 is 19.3 Å².